The molecule has 0 bridgehead atoms. The summed E-state index contributed by atoms with van der Waals surface area (Å²) in [6.07, 6.45) is 1.47. The molecule has 0 aliphatic heterocycles. The Balaban J connectivity index is 2.04. The number of hydrogen-bond donors (Lipinski definition) is 2. The van der Waals surface area contributed by atoms with Gasteiger partial charge >= 0.3 is 0 Å². The van der Waals surface area contributed by atoms with E-state index >= 15 is 0 Å². The van der Waals surface area contributed by atoms with E-state index in [1.807, 2.05) is 20.8 Å². The summed E-state index contributed by atoms with van der Waals surface area (Å²) in [6.45, 7) is 7.76. The van der Waals surface area contributed by atoms with Crippen LogP contribution in [0.4, 0.5) is 5.82 Å². The summed E-state index contributed by atoms with van der Waals surface area (Å²) in [6, 6.07) is 3.30. The summed E-state index contributed by atoms with van der Waals surface area (Å²) in [7, 11) is 0. The van der Waals surface area contributed by atoms with E-state index in [0.717, 1.165) is 0 Å². The van der Waals surface area contributed by atoms with Crippen LogP contribution in [0.2, 0.25) is 5.02 Å². The topological polar surface area (TPSA) is 98.7 Å². The van der Waals surface area contributed by atoms with E-state index in [-0.39, 0.29) is 11.3 Å². The standard InChI is InChI=1S/C14H19ClN6OS/c1-8(11(22)18-10-6-5-9(15)7-17-10)23-13-20-19-12(21(13)16)14(2,3)4/h5-8H,16H2,1-4H3,(H,17,18,22). The summed E-state index contributed by atoms with van der Waals surface area (Å²) >= 11 is 7.00. The van der Waals surface area contributed by atoms with Crippen molar-refractivity contribution in [2.24, 2.45) is 0 Å². The van der Waals surface area contributed by atoms with Crippen LogP contribution in [0.15, 0.2) is 23.5 Å². The zero-order chi connectivity index (χ0) is 17.2. The predicted molar refractivity (Wildman–Crippen MR) is 92.1 cm³/mol. The van der Waals surface area contributed by atoms with Gasteiger partial charge in [-0.2, -0.15) is 0 Å². The molecule has 0 spiro atoms. The molecule has 0 fully saturated rings. The van der Waals surface area contributed by atoms with Gasteiger partial charge in [-0.15, -0.1) is 10.2 Å². The Morgan fingerprint density at radius 3 is 2.61 bits per heavy atom. The molecule has 0 saturated carbocycles. The SMILES string of the molecule is CC(Sc1nnc(C(C)(C)C)n1N)C(=O)Nc1ccc(Cl)cn1. The number of anilines is 1. The van der Waals surface area contributed by atoms with Crippen LogP contribution in [0, 0.1) is 0 Å². The third kappa shape index (κ3) is 4.35. The van der Waals surface area contributed by atoms with Gasteiger partial charge < -0.3 is 11.2 Å². The fraction of sp³-hybridized carbons (Fsp3) is 0.429. The summed E-state index contributed by atoms with van der Waals surface area (Å²) < 4.78 is 1.43. The quantitative estimate of drug-likeness (QED) is 0.646. The highest BCUT2D eigenvalue weighted by Gasteiger charge is 2.25. The smallest absolute Gasteiger partial charge is 0.238 e. The van der Waals surface area contributed by atoms with Crippen LogP contribution in [0.1, 0.15) is 33.5 Å². The van der Waals surface area contributed by atoms with Crippen molar-refractivity contribution in [3.05, 3.63) is 29.2 Å². The number of nitrogens with two attached hydrogens (primary N) is 1. The third-order valence-electron chi connectivity index (χ3n) is 2.97. The number of nitrogens with zero attached hydrogens (tertiary/aromatic N) is 4. The van der Waals surface area contributed by atoms with Crippen molar-refractivity contribution in [3.63, 3.8) is 0 Å². The van der Waals surface area contributed by atoms with E-state index in [9.17, 15) is 4.79 Å². The van der Waals surface area contributed by atoms with Crippen molar-refractivity contribution in [1.29, 1.82) is 0 Å². The van der Waals surface area contributed by atoms with Crippen LogP contribution < -0.4 is 11.2 Å². The molecule has 0 aromatic carbocycles. The van der Waals surface area contributed by atoms with Gasteiger partial charge in [0.1, 0.15) is 5.82 Å². The fourth-order valence-electron chi connectivity index (χ4n) is 1.76. The first kappa shape index (κ1) is 17.6. The normalized spacial score (nSPS) is 12.9. The van der Waals surface area contributed by atoms with E-state index in [4.69, 9.17) is 17.4 Å². The summed E-state index contributed by atoms with van der Waals surface area (Å²) in [4.78, 5) is 16.2. The third-order valence-corrected chi connectivity index (χ3v) is 4.25. The van der Waals surface area contributed by atoms with Crippen LogP contribution in [0.5, 0.6) is 0 Å². The zero-order valence-electron chi connectivity index (χ0n) is 13.4. The van der Waals surface area contributed by atoms with Crippen LogP contribution >= 0.6 is 23.4 Å². The lowest BCUT2D eigenvalue weighted by Crippen LogP contribution is -2.26. The molecule has 0 radical (unpaired) electrons. The molecule has 2 rings (SSSR count). The average molecular weight is 355 g/mol. The Morgan fingerprint density at radius 1 is 1.39 bits per heavy atom. The minimum Gasteiger partial charge on any atom is -0.336 e. The maximum atomic E-state index is 12.2. The van der Waals surface area contributed by atoms with Gasteiger partial charge in [0.05, 0.1) is 10.3 Å². The zero-order valence-corrected chi connectivity index (χ0v) is 14.9. The largest absolute Gasteiger partial charge is 0.336 e. The first-order valence-corrected chi connectivity index (χ1v) is 8.24. The van der Waals surface area contributed by atoms with Gasteiger partial charge in [0.15, 0.2) is 5.82 Å². The van der Waals surface area contributed by atoms with Gasteiger partial charge in [-0.3, -0.25) is 4.79 Å². The van der Waals surface area contributed by atoms with Gasteiger partial charge in [-0.1, -0.05) is 44.1 Å². The number of carbonyl (C=O) groups excluding carboxylic acids is 1. The Bertz CT molecular complexity index is 694. The molecule has 7 nitrogen and oxygen atoms in total. The summed E-state index contributed by atoms with van der Waals surface area (Å²) in [5.41, 5.74) is -0.223. The number of aromatic nitrogens is 4. The van der Waals surface area contributed by atoms with Gasteiger partial charge in [-0.05, 0) is 19.1 Å². The minimum absolute atomic E-state index is 0.204. The van der Waals surface area contributed by atoms with Crippen molar-refractivity contribution < 1.29 is 4.79 Å². The molecular weight excluding hydrogens is 336 g/mol. The van der Waals surface area contributed by atoms with Crippen LogP contribution in [0.3, 0.4) is 0 Å². The van der Waals surface area contributed by atoms with Crippen LogP contribution in [-0.4, -0.2) is 31.0 Å². The number of halogens is 1. The number of carbonyl (C=O) groups is 1. The van der Waals surface area contributed by atoms with Crippen molar-refractivity contribution in [2.75, 3.05) is 11.2 Å². The number of nitrogens with one attached hydrogen (secondary N) is 1. The molecule has 1 unspecified atom stereocenters. The lowest BCUT2D eigenvalue weighted by molar-refractivity contribution is -0.115. The number of amides is 1. The highest BCUT2D eigenvalue weighted by molar-refractivity contribution is 8.00. The van der Waals surface area contributed by atoms with Crippen molar-refractivity contribution in [3.8, 4) is 0 Å². The number of nitrogen functional groups attached to an aromatic ring is 1. The first-order chi connectivity index (χ1) is 10.7. The maximum Gasteiger partial charge on any atom is 0.238 e. The molecule has 0 aliphatic carbocycles. The molecule has 0 aliphatic rings. The van der Waals surface area contributed by atoms with Crippen molar-refractivity contribution in [1.82, 2.24) is 19.9 Å². The average Bonchev–Trinajstić information content (AvgIpc) is 2.82. The lowest BCUT2D eigenvalue weighted by Gasteiger charge is -2.17. The molecule has 2 aromatic heterocycles. The molecule has 2 aromatic rings. The molecule has 23 heavy (non-hydrogen) atoms. The Hall–Kier alpha value is -1.80. The van der Waals surface area contributed by atoms with Gasteiger partial charge in [0.2, 0.25) is 11.1 Å². The van der Waals surface area contributed by atoms with E-state index in [2.05, 4.69) is 20.5 Å². The predicted octanol–water partition coefficient (Wildman–Crippen LogP) is 2.46. The summed E-state index contributed by atoms with van der Waals surface area (Å²) in [5.74, 6) is 6.92. The van der Waals surface area contributed by atoms with E-state index in [1.165, 1.54) is 22.6 Å². The molecule has 3 N–H and O–H groups in total. The Morgan fingerprint density at radius 2 is 2.09 bits per heavy atom. The number of hydrogen-bond acceptors (Lipinski definition) is 6. The second-order valence-electron chi connectivity index (χ2n) is 6.04. The fourth-order valence-corrected chi connectivity index (χ4v) is 2.64. The minimum atomic E-state index is -0.410. The second-order valence-corrected chi connectivity index (χ2v) is 7.78. The van der Waals surface area contributed by atoms with Gasteiger partial charge in [0, 0.05) is 11.6 Å². The first-order valence-electron chi connectivity index (χ1n) is 6.98. The Labute approximate surface area is 144 Å². The lowest BCUT2D eigenvalue weighted by atomic mass is 9.96. The number of pyridine rings is 1. The number of thioether (sulfide) groups is 1. The van der Waals surface area contributed by atoms with Crippen molar-refractivity contribution in [2.45, 2.75) is 43.5 Å². The highest BCUT2D eigenvalue weighted by atomic mass is 35.5. The van der Waals surface area contributed by atoms with E-state index in [1.54, 1.807) is 19.1 Å². The van der Waals surface area contributed by atoms with E-state index < -0.39 is 5.25 Å². The highest BCUT2D eigenvalue weighted by Crippen LogP contribution is 2.26. The molecule has 1 atom stereocenters. The summed E-state index contributed by atoms with van der Waals surface area (Å²) in [5, 5.41) is 11.5. The molecule has 2 heterocycles. The van der Waals surface area contributed by atoms with E-state index in [0.29, 0.717) is 21.8 Å². The van der Waals surface area contributed by atoms with Gasteiger partial charge in [-0.25, -0.2) is 9.66 Å². The second kappa shape index (κ2) is 6.76. The van der Waals surface area contributed by atoms with Crippen LogP contribution in [-0.2, 0) is 10.2 Å². The molecular formula is C14H19ClN6OS. The van der Waals surface area contributed by atoms with Crippen molar-refractivity contribution >= 4 is 35.1 Å². The molecule has 9 heteroatoms. The Kier molecular flexibility index (Phi) is 5.16. The monoisotopic (exact) mass is 354 g/mol. The number of rotatable bonds is 4. The van der Waals surface area contributed by atoms with Crippen LogP contribution in [0.25, 0.3) is 0 Å². The molecule has 124 valence electrons. The van der Waals surface area contributed by atoms with Gasteiger partial charge in [0.25, 0.3) is 0 Å². The molecule has 1 amide bonds. The molecule has 0 saturated heterocycles. The maximum absolute atomic E-state index is 12.2.